The highest BCUT2D eigenvalue weighted by Gasteiger charge is 2.20. The SMILES string of the molecule is N#Cc1cccc(N(CCC2CCCCC2)C(=O)Nc2cccnc2)c1. The number of pyridine rings is 1. The van der Waals surface area contributed by atoms with Gasteiger partial charge in [-0.3, -0.25) is 9.88 Å². The van der Waals surface area contributed by atoms with Gasteiger partial charge >= 0.3 is 6.03 Å². The molecule has 1 N–H and O–H groups in total. The summed E-state index contributed by atoms with van der Waals surface area (Å²) in [4.78, 5) is 18.7. The summed E-state index contributed by atoms with van der Waals surface area (Å²) in [7, 11) is 0. The van der Waals surface area contributed by atoms with Gasteiger partial charge in [-0.1, -0.05) is 38.2 Å². The summed E-state index contributed by atoms with van der Waals surface area (Å²) in [6.45, 7) is 0.644. The Labute approximate surface area is 154 Å². The zero-order chi connectivity index (χ0) is 18.2. The normalized spacial score (nSPS) is 14.4. The molecule has 2 aromatic rings. The van der Waals surface area contributed by atoms with E-state index in [9.17, 15) is 10.1 Å². The molecule has 5 heteroatoms. The first kappa shape index (κ1) is 17.9. The van der Waals surface area contributed by atoms with Gasteiger partial charge in [0.2, 0.25) is 0 Å². The number of hydrogen-bond acceptors (Lipinski definition) is 3. The molecule has 0 saturated heterocycles. The summed E-state index contributed by atoms with van der Waals surface area (Å²) in [5.41, 5.74) is 1.97. The van der Waals surface area contributed by atoms with Crippen molar-refractivity contribution >= 4 is 17.4 Å². The molecule has 0 aliphatic heterocycles. The van der Waals surface area contributed by atoms with Crippen LogP contribution in [0.4, 0.5) is 16.2 Å². The second kappa shape index (κ2) is 9.00. The summed E-state index contributed by atoms with van der Waals surface area (Å²) in [5.74, 6) is 0.677. The lowest BCUT2D eigenvalue weighted by atomic mass is 9.87. The zero-order valence-corrected chi connectivity index (χ0v) is 14.9. The molecule has 1 heterocycles. The first-order valence-corrected chi connectivity index (χ1v) is 9.25. The molecule has 3 rings (SSSR count). The number of nitriles is 1. The van der Waals surface area contributed by atoms with Gasteiger partial charge < -0.3 is 5.32 Å². The Morgan fingerprint density at radius 1 is 1.23 bits per heavy atom. The van der Waals surface area contributed by atoms with Gasteiger partial charge in [0.25, 0.3) is 0 Å². The van der Waals surface area contributed by atoms with Crippen LogP contribution in [-0.2, 0) is 0 Å². The van der Waals surface area contributed by atoms with Gasteiger partial charge in [-0.15, -0.1) is 0 Å². The highest BCUT2D eigenvalue weighted by atomic mass is 16.2. The lowest BCUT2D eigenvalue weighted by molar-refractivity contribution is 0.255. The number of aromatic nitrogens is 1. The number of urea groups is 1. The van der Waals surface area contributed by atoms with Crippen LogP contribution in [0.3, 0.4) is 0 Å². The summed E-state index contributed by atoms with van der Waals surface area (Å²) in [5, 5.41) is 12.1. The molecular formula is C21H24N4O. The molecule has 1 saturated carbocycles. The van der Waals surface area contributed by atoms with Crippen LogP contribution in [0.2, 0.25) is 0 Å². The topological polar surface area (TPSA) is 69.0 Å². The van der Waals surface area contributed by atoms with Crippen molar-refractivity contribution < 1.29 is 4.79 Å². The van der Waals surface area contributed by atoms with Gasteiger partial charge in [0.15, 0.2) is 0 Å². The molecule has 26 heavy (non-hydrogen) atoms. The second-order valence-corrected chi connectivity index (χ2v) is 6.78. The Morgan fingerprint density at radius 2 is 2.08 bits per heavy atom. The molecule has 1 aliphatic carbocycles. The van der Waals surface area contributed by atoms with Crippen molar-refractivity contribution in [1.82, 2.24) is 4.98 Å². The highest BCUT2D eigenvalue weighted by molar-refractivity contribution is 6.01. The fourth-order valence-corrected chi connectivity index (χ4v) is 3.51. The average molecular weight is 348 g/mol. The standard InChI is InChI=1S/C21H24N4O/c22-15-18-8-4-10-20(14-18)25(13-11-17-6-2-1-3-7-17)21(26)24-19-9-5-12-23-16-19/h4-5,8-10,12,14,16-17H,1-3,6-7,11,13H2,(H,24,26). The monoisotopic (exact) mass is 348 g/mol. The van der Waals surface area contributed by atoms with Crippen molar-refractivity contribution in [3.8, 4) is 6.07 Å². The van der Waals surface area contributed by atoms with Gasteiger partial charge in [0.05, 0.1) is 23.5 Å². The van der Waals surface area contributed by atoms with Crippen molar-refractivity contribution in [3.63, 3.8) is 0 Å². The number of hydrogen-bond donors (Lipinski definition) is 1. The minimum Gasteiger partial charge on any atom is -0.306 e. The van der Waals surface area contributed by atoms with Crippen LogP contribution in [0, 0.1) is 17.2 Å². The fraction of sp³-hybridized carbons (Fsp3) is 0.381. The minimum atomic E-state index is -0.191. The predicted octanol–water partition coefficient (Wildman–Crippen LogP) is 4.96. The van der Waals surface area contributed by atoms with E-state index < -0.39 is 0 Å². The summed E-state index contributed by atoms with van der Waals surface area (Å²) in [6, 6.07) is 12.8. The van der Waals surface area contributed by atoms with Crippen LogP contribution in [0.5, 0.6) is 0 Å². The van der Waals surface area contributed by atoms with Crippen LogP contribution in [0.1, 0.15) is 44.1 Å². The van der Waals surface area contributed by atoms with Crippen LogP contribution in [0.25, 0.3) is 0 Å². The molecular weight excluding hydrogens is 324 g/mol. The maximum Gasteiger partial charge on any atom is 0.326 e. The van der Waals surface area contributed by atoms with Crippen LogP contribution >= 0.6 is 0 Å². The second-order valence-electron chi connectivity index (χ2n) is 6.78. The van der Waals surface area contributed by atoms with Gasteiger partial charge in [0, 0.05) is 18.4 Å². The number of nitrogens with zero attached hydrogens (tertiary/aromatic N) is 3. The number of nitrogens with one attached hydrogen (secondary N) is 1. The molecule has 0 atom stereocenters. The van der Waals surface area contributed by atoms with Gasteiger partial charge in [0.1, 0.15) is 0 Å². The van der Waals surface area contributed by atoms with Crippen LogP contribution < -0.4 is 10.2 Å². The largest absolute Gasteiger partial charge is 0.326 e. The third kappa shape index (κ3) is 4.82. The molecule has 1 aliphatic rings. The predicted molar refractivity (Wildman–Crippen MR) is 103 cm³/mol. The van der Waals surface area contributed by atoms with E-state index in [1.54, 1.807) is 35.5 Å². The minimum absolute atomic E-state index is 0.191. The molecule has 0 unspecified atom stereocenters. The summed E-state index contributed by atoms with van der Waals surface area (Å²) >= 11 is 0. The third-order valence-electron chi connectivity index (χ3n) is 4.93. The van der Waals surface area contributed by atoms with E-state index in [1.807, 2.05) is 18.2 Å². The Bertz CT molecular complexity index is 763. The molecule has 0 bridgehead atoms. The average Bonchev–Trinajstić information content (AvgIpc) is 2.70. The smallest absolute Gasteiger partial charge is 0.306 e. The molecule has 1 aromatic carbocycles. The fourth-order valence-electron chi connectivity index (χ4n) is 3.51. The molecule has 5 nitrogen and oxygen atoms in total. The lowest BCUT2D eigenvalue weighted by Crippen LogP contribution is -2.36. The summed E-state index contributed by atoms with van der Waals surface area (Å²) < 4.78 is 0. The van der Waals surface area contributed by atoms with Crippen molar-refractivity contribution in [1.29, 1.82) is 5.26 Å². The number of rotatable bonds is 5. The molecule has 0 spiro atoms. The van der Waals surface area contributed by atoms with E-state index >= 15 is 0 Å². The van der Waals surface area contributed by atoms with Crippen LogP contribution in [0.15, 0.2) is 48.8 Å². The van der Waals surface area contributed by atoms with Crippen molar-refractivity contribution in [2.45, 2.75) is 38.5 Å². The number of carbonyl (C=O) groups is 1. The molecule has 1 fully saturated rings. The maximum atomic E-state index is 12.9. The number of benzene rings is 1. The number of anilines is 2. The van der Waals surface area contributed by atoms with Crippen molar-refractivity contribution in [2.75, 3.05) is 16.8 Å². The Hall–Kier alpha value is -2.87. The molecule has 134 valence electrons. The first-order chi connectivity index (χ1) is 12.8. The van der Waals surface area contributed by atoms with E-state index in [0.29, 0.717) is 23.7 Å². The van der Waals surface area contributed by atoms with E-state index in [2.05, 4.69) is 16.4 Å². The zero-order valence-electron chi connectivity index (χ0n) is 14.9. The van der Waals surface area contributed by atoms with Gasteiger partial charge in [-0.25, -0.2) is 4.79 Å². The number of carbonyl (C=O) groups excluding carboxylic acids is 1. The molecule has 2 amide bonds. The Kier molecular flexibility index (Phi) is 6.21. The highest BCUT2D eigenvalue weighted by Crippen LogP contribution is 2.27. The third-order valence-corrected chi connectivity index (χ3v) is 4.93. The maximum absolute atomic E-state index is 12.9. The lowest BCUT2D eigenvalue weighted by Gasteiger charge is -2.27. The van der Waals surface area contributed by atoms with E-state index in [-0.39, 0.29) is 6.03 Å². The first-order valence-electron chi connectivity index (χ1n) is 9.25. The van der Waals surface area contributed by atoms with E-state index in [1.165, 1.54) is 32.1 Å². The Balaban J connectivity index is 1.75. The van der Waals surface area contributed by atoms with Gasteiger partial charge in [-0.05, 0) is 42.7 Å². The van der Waals surface area contributed by atoms with Crippen molar-refractivity contribution in [2.24, 2.45) is 5.92 Å². The van der Waals surface area contributed by atoms with E-state index in [4.69, 9.17) is 0 Å². The van der Waals surface area contributed by atoms with Crippen molar-refractivity contribution in [3.05, 3.63) is 54.4 Å². The van der Waals surface area contributed by atoms with Crippen LogP contribution in [-0.4, -0.2) is 17.6 Å². The Morgan fingerprint density at radius 3 is 2.81 bits per heavy atom. The summed E-state index contributed by atoms with van der Waals surface area (Å²) in [6.07, 6.45) is 10.7. The van der Waals surface area contributed by atoms with E-state index in [0.717, 1.165) is 12.1 Å². The van der Waals surface area contributed by atoms with Gasteiger partial charge in [-0.2, -0.15) is 5.26 Å². The molecule has 0 radical (unpaired) electrons. The number of amides is 2. The quantitative estimate of drug-likeness (QED) is 0.830. The molecule has 1 aromatic heterocycles.